The predicted molar refractivity (Wildman–Crippen MR) is 131 cm³/mol. The number of carbonyl (C=O) groups is 1. The largest absolute Gasteiger partial charge is 0.421 e. The third-order valence-corrected chi connectivity index (χ3v) is 6.30. The topological polar surface area (TPSA) is 62.5 Å². The van der Waals surface area contributed by atoms with Crippen molar-refractivity contribution in [2.75, 3.05) is 26.2 Å². The minimum Gasteiger partial charge on any atom is -0.421 e. The molecule has 34 heavy (non-hydrogen) atoms. The van der Waals surface area contributed by atoms with Crippen LogP contribution in [0.1, 0.15) is 29.5 Å². The van der Waals surface area contributed by atoms with Gasteiger partial charge in [-0.05, 0) is 23.3 Å². The van der Waals surface area contributed by atoms with Gasteiger partial charge in [0.15, 0.2) is 0 Å². The third-order valence-electron chi connectivity index (χ3n) is 6.30. The van der Waals surface area contributed by atoms with Gasteiger partial charge in [-0.25, -0.2) is 0 Å². The molecule has 1 aliphatic rings. The highest BCUT2D eigenvalue weighted by molar-refractivity contribution is 5.76. The minimum atomic E-state index is 0.134. The average Bonchev–Trinajstić information content (AvgIpc) is 3.39. The van der Waals surface area contributed by atoms with Gasteiger partial charge in [0.2, 0.25) is 17.7 Å². The van der Waals surface area contributed by atoms with Crippen LogP contribution in [-0.2, 0) is 11.2 Å². The number of hydrogen-bond acceptors (Lipinski definition) is 5. The van der Waals surface area contributed by atoms with E-state index in [1.807, 2.05) is 47.4 Å². The summed E-state index contributed by atoms with van der Waals surface area (Å²) in [6.07, 6.45) is 0.826. The number of aryl methyl sites for hydroxylation is 1. The van der Waals surface area contributed by atoms with E-state index in [2.05, 4.69) is 63.6 Å². The monoisotopic (exact) mass is 452 g/mol. The number of aromatic nitrogens is 2. The van der Waals surface area contributed by atoms with E-state index in [1.54, 1.807) is 0 Å². The molecule has 0 N–H and O–H groups in total. The molecule has 1 aromatic heterocycles. The van der Waals surface area contributed by atoms with Crippen molar-refractivity contribution < 1.29 is 9.21 Å². The Kier molecular flexibility index (Phi) is 6.77. The van der Waals surface area contributed by atoms with Gasteiger partial charge in [-0.2, -0.15) is 0 Å². The molecule has 0 saturated carbocycles. The Morgan fingerprint density at radius 1 is 0.765 bits per heavy atom. The lowest BCUT2D eigenvalue weighted by molar-refractivity contribution is -0.133. The highest BCUT2D eigenvalue weighted by Gasteiger charge is 2.28. The van der Waals surface area contributed by atoms with E-state index in [0.717, 1.165) is 18.7 Å². The molecular formula is C28H28N4O2. The van der Waals surface area contributed by atoms with Crippen LogP contribution in [0.25, 0.3) is 11.5 Å². The molecule has 0 unspecified atom stereocenters. The highest BCUT2D eigenvalue weighted by atomic mass is 16.4. The van der Waals surface area contributed by atoms with E-state index in [9.17, 15) is 4.79 Å². The average molecular weight is 453 g/mol. The second-order valence-electron chi connectivity index (χ2n) is 8.51. The first-order valence-corrected chi connectivity index (χ1v) is 11.8. The van der Waals surface area contributed by atoms with Crippen molar-refractivity contribution in [2.45, 2.75) is 18.9 Å². The van der Waals surface area contributed by atoms with Crippen molar-refractivity contribution in [1.82, 2.24) is 20.0 Å². The molecule has 2 heterocycles. The van der Waals surface area contributed by atoms with Gasteiger partial charge >= 0.3 is 0 Å². The summed E-state index contributed by atoms with van der Waals surface area (Å²) in [5.41, 5.74) is 3.44. The van der Waals surface area contributed by atoms with E-state index in [-0.39, 0.29) is 11.9 Å². The van der Waals surface area contributed by atoms with Gasteiger partial charge < -0.3 is 9.32 Å². The molecule has 3 aromatic carbocycles. The van der Waals surface area contributed by atoms with E-state index < -0.39 is 0 Å². The molecule has 1 fully saturated rings. The molecule has 6 nitrogen and oxygen atoms in total. The number of amides is 1. The maximum Gasteiger partial charge on any atom is 0.247 e. The van der Waals surface area contributed by atoms with Crippen LogP contribution >= 0.6 is 0 Å². The summed E-state index contributed by atoms with van der Waals surface area (Å²) in [5, 5.41) is 8.23. The number of hydrogen-bond donors (Lipinski definition) is 0. The molecule has 0 radical (unpaired) electrons. The fourth-order valence-electron chi connectivity index (χ4n) is 4.54. The molecule has 0 spiro atoms. The van der Waals surface area contributed by atoms with Crippen molar-refractivity contribution in [1.29, 1.82) is 0 Å². The molecule has 1 saturated heterocycles. The number of piperazine rings is 1. The molecule has 4 aromatic rings. The molecule has 0 atom stereocenters. The van der Waals surface area contributed by atoms with Crippen molar-refractivity contribution in [2.24, 2.45) is 0 Å². The standard InChI is InChI=1S/C28H28N4O2/c33-26(17-16-25-29-30-28(34-25)24-14-8-3-9-15-24)31-18-20-32(21-19-31)27(22-10-4-1-5-11-22)23-12-6-2-7-13-23/h1-15,27H,16-21H2. The normalized spacial score (nSPS) is 14.4. The zero-order valence-corrected chi connectivity index (χ0v) is 19.1. The molecule has 5 rings (SSSR count). The van der Waals surface area contributed by atoms with Gasteiger partial charge in [0.05, 0.1) is 6.04 Å². The molecule has 1 amide bonds. The van der Waals surface area contributed by atoms with Crippen LogP contribution in [0, 0.1) is 0 Å². The lowest BCUT2D eigenvalue weighted by Gasteiger charge is -2.39. The fourth-order valence-corrected chi connectivity index (χ4v) is 4.54. The van der Waals surface area contributed by atoms with Crippen molar-refractivity contribution in [3.8, 4) is 11.5 Å². The van der Waals surface area contributed by atoms with Crippen LogP contribution in [0.5, 0.6) is 0 Å². The van der Waals surface area contributed by atoms with Crippen molar-refractivity contribution >= 4 is 5.91 Å². The van der Waals surface area contributed by atoms with Crippen LogP contribution in [0.15, 0.2) is 95.4 Å². The molecule has 0 aliphatic carbocycles. The Bertz CT molecular complexity index is 1150. The van der Waals surface area contributed by atoms with Crippen LogP contribution < -0.4 is 0 Å². The van der Waals surface area contributed by atoms with Gasteiger partial charge in [-0.1, -0.05) is 78.9 Å². The van der Waals surface area contributed by atoms with Crippen LogP contribution in [0.2, 0.25) is 0 Å². The zero-order chi connectivity index (χ0) is 23.2. The summed E-state index contributed by atoms with van der Waals surface area (Å²) in [5.74, 6) is 1.12. The highest BCUT2D eigenvalue weighted by Crippen LogP contribution is 2.29. The summed E-state index contributed by atoms with van der Waals surface area (Å²) >= 11 is 0. The summed E-state index contributed by atoms with van der Waals surface area (Å²) in [6, 6.07) is 31.1. The van der Waals surface area contributed by atoms with E-state index in [1.165, 1.54) is 11.1 Å². The maximum absolute atomic E-state index is 12.9. The number of carbonyl (C=O) groups excluding carboxylic acids is 1. The van der Waals surface area contributed by atoms with Crippen LogP contribution in [0.4, 0.5) is 0 Å². The number of rotatable bonds is 7. The Balaban J connectivity index is 1.18. The van der Waals surface area contributed by atoms with Crippen LogP contribution in [0.3, 0.4) is 0 Å². The Morgan fingerprint density at radius 3 is 1.91 bits per heavy atom. The predicted octanol–water partition coefficient (Wildman–Crippen LogP) is 4.60. The Hall–Kier alpha value is -3.77. The second kappa shape index (κ2) is 10.4. The van der Waals surface area contributed by atoms with Gasteiger partial charge in [0.1, 0.15) is 0 Å². The summed E-state index contributed by atoms with van der Waals surface area (Å²) in [7, 11) is 0. The Morgan fingerprint density at radius 2 is 1.32 bits per heavy atom. The zero-order valence-electron chi connectivity index (χ0n) is 19.1. The quantitative estimate of drug-likeness (QED) is 0.410. The van der Waals surface area contributed by atoms with Gasteiger partial charge in [-0.15, -0.1) is 10.2 Å². The number of benzene rings is 3. The smallest absolute Gasteiger partial charge is 0.247 e. The van der Waals surface area contributed by atoms with Gasteiger partial charge in [-0.3, -0.25) is 9.69 Å². The van der Waals surface area contributed by atoms with E-state index >= 15 is 0 Å². The first-order valence-electron chi connectivity index (χ1n) is 11.8. The lowest BCUT2D eigenvalue weighted by Crippen LogP contribution is -2.49. The van der Waals surface area contributed by atoms with Gasteiger partial charge in [0, 0.05) is 44.6 Å². The molecule has 1 aliphatic heterocycles. The maximum atomic E-state index is 12.9. The fraction of sp³-hybridized carbons (Fsp3) is 0.250. The van der Waals surface area contributed by atoms with Gasteiger partial charge in [0.25, 0.3) is 0 Å². The molecule has 172 valence electrons. The van der Waals surface area contributed by atoms with E-state index in [4.69, 9.17) is 4.42 Å². The molecule has 0 bridgehead atoms. The first kappa shape index (κ1) is 22.0. The third kappa shape index (κ3) is 5.07. The summed E-state index contributed by atoms with van der Waals surface area (Å²) in [6.45, 7) is 3.10. The molecular weight excluding hydrogens is 424 g/mol. The van der Waals surface area contributed by atoms with Crippen LogP contribution in [-0.4, -0.2) is 52.1 Å². The first-order chi connectivity index (χ1) is 16.8. The Labute approximate surface area is 199 Å². The van der Waals surface area contributed by atoms with Crippen molar-refractivity contribution in [3.05, 3.63) is 108 Å². The summed E-state index contributed by atoms with van der Waals surface area (Å²) < 4.78 is 5.75. The summed E-state index contributed by atoms with van der Waals surface area (Å²) in [4.78, 5) is 17.3. The minimum absolute atomic E-state index is 0.134. The molecule has 6 heteroatoms. The SMILES string of the molecule is O=C(CCc1nnc(-c2ccccc2)o1)N1CCN(C(c2ccccc2)c2ccccc2)CC1. The number of nitrogens with zero attached hydrogens (tertiary/aromatic N) is 4. The van der Waals surface area contributed by atoms with Crippen molar-refractivity contribution in [3.63, 3.8) is 0 Å². The van der Waals surface area contributed by atoms with E-state index in [0.29, 0.717) is 37.7 Å². The second-order valence-corrected chi connectivity index (χ2v) is 8.51. The lowest BCUT2D eigenvalue weighted by atomic mass is 9.96.